The third-order valence-corrected chi connectivity index (χ3v) is 7.14. The molecule has 1 aromatic carbocycles. The molecule has 196 valence electrons. The summed E-state index contributed by atoms with van der Waals surface area (Å²) < 4.78 is 34.9. The molecule has 8 nitrogen and oxygen atoms in total. The first-order valence-corrected chi connectivity index (χ1v) is 12.8. The van der Waals surface area contributed by atoms with Gasteiger partial charge in [0, 0.05) is 30.1 Å². The average molecular weight is 512 g/mol. The number of ether oxygens (including phenoxy) is 1. The standard InChI is InChI=1S/C27H31F2N5O3/c1-3-22(35)34-20-8-7-17(11-19(20)29)33-27(36)23-14(2)32-26-24(30-13-31-25(23)26)18-10-16(28)6-9-21(18)37-12-15-4-5-15/h6,9-10,13,15,17,19-20,32H,3-5,7-8,11-12H2,1-2H3,(H,33,36)(H,34,35)/t17-,19-,20-/m1/s1. The minimum Gasteiger partial charge on any atom is -0.493 e. The second kappa shape index (κ2) is 10.4. The molecule has 2 aliphatic carbocycles. The predicted octanol–water partition coefficient (Wildman–Crippen LogP) is 4.38. The summed E-state index contributed by atoms with van der Waals surface area (Å²) in [6.07, 6.45) is 3.77. The number of aryl methyl sites for hydroxylation is 1. The molecule has 0 radical (unpaired) electrons. The fourth-order valence-corrected chi connectivity index (χ4v) is 4.88. The molecular formula is C27H31F2N5O3. The first-order chi connectivity index (χ1) is 17.8. The van der Waals surface area contributed by atoms with Gasteiger partial charge in [-0.3, -0.25) is 9.59 Å². The Hall–Kier alpha value is -3.56. The van der Waals surface area contributed by atoms with Crippen LogP contribution in [-0.4, -0.2) is 51.6 Å². The van der Waals surface area contributed by atoms with Crippen molar-refractivity contribution in [2.45, 2.75) is 70.6 Å². The molecule has 2 saturated carbocycles. The van der Waals surface area contributed by atoms with E-state index in [0.29, 0.717) is 71.1 Å². The Morgan fingerprint density at radius 3 is 2.70 bits per heavy atom. The zero-order chi connectivity index (χ0) is 26.1. The van der Waals surface area contributed by atoms with Crippen LogP contribution in [0, 0.1) is 18.7 Å². The lowest BCUT2D eigenvalue weighted by atomic mass is 9.89. The normalized spacial score (nSPS) is 21.6. The van der Waals surface area contributed by atoms with E-state index in [1.807, 2.05) is 0 Å². The molecule has 3 atom stereocenters. The number of halogens is 2. The van der Waals surface area contributed by atoms with Gasteiger partial charge in [-0.1, -0.05) is 6.92 Å². The highest BCUT2D eigenvalue weighted by Crippen LogP contribution is 2.37. The van der Waals surface area contributed by atoms with Gasteiger partial charge in [0.1, 0.15) is 35.3 Å². The van der Waals surface area contributed by atoms with Crippen molar-refractivity contribution in [3.63, 3.8) is 0 Å². The molecule has 2 aromatic heterocycles. The minimum atomic E-state index is -1.24. The van der Waals surface area contributed by atoms with Gasteiger partial charge >= 0.3 is 0 Å². The second-order valence-electron chi connectivity index (χ2n) is 9.99. The monoisotopic (exact) mass is 511 g/mol. The van der Waals surface area contributed by atoms with Gasteiger partial charge in [-0.25, -0.2) is 18.7 Å². The third kappa shape index (κ3) is 5.42. The quantitative estimate of drug-likeness (QED) is 0.416. The Bertz CT molecular complexity index is 1320. The van der Waals surface area contributed by atoms with E-state index >= 15 is 0 Å². The molecule has 3 aromatic rings. The topological polar surface area (TPSA) is 109 Å². The number of alkyl halides is 1. The second-order valence-corrected chi connectivity index (χ2v) is 9.99. The van der Waals surface area contributed by atoms with Crippen LogP contribution >= 0.6 is 0 Å². The minimum absolute atomic E-state index is 0.118. The molecule has 37 heavy (non-hydrogen) atoms. The summed E-state index contributed by atoms with van der Waals surface area (Å²) in [6.45, 7) is 4.04. The van der Waals surface area contributed by atoms with Gasteiger partial charge in [0.2, 0.25) is 5.91 Å². The summed E-state index contributed by atoms with van der Waals surface area (Å²) in [5, 5.41) is 5.65. The maximum Gasteiger partial charge on any atom is 0.255 e. The van der Waals surface area contributed by atoms with Crippen LogP contribution in [0.15, 0.2) is 24.5 Å². The number of aromatic amines is 1. The van der Waals surface area contributed by atoms with Crippen LogP contribution in [0.5, 0.6) is 5.75 Å². The molecule has 2 heterocycles. The van der Waals surface area contributed by atoms with E-state index in [0.717, 1.165) is 12.8 Å². The highest BCUT2D eigenvalue weighted by Gasteiger charge is 2.33. The van der Waals surface area contributed by atoms with E-state index in [1.54, 1.807) is 19.9 Å². The van der Waals surface area contributed by atoms with Gasteiger partial charge < -0.3 is 20.4 Å². The van der Waals surface area contributed by atoms with Gasteiger partial charge in [-0.2, -0.15) is 0 Å². The molecule has 3 N–H and O–H groups in total. The summed E-state index contributed by atoms with van der Waals surface area (Å²) >= 11 is 0. The molecule has 2 aliphatic rings. The average Bonchev–Trinajstić information content (AvgIpc) is 3.64. The molecule has 0 spiro atoms. The van der Waals surface area contributed by atoms with E-state index in [4.69, 9.17) is 4.74 Å². The number of hydrogen-bond donors (Lipinski definition) is 3. The van der Waals surface area contributed by atoms with Crippen LogP contribution in [0.1, 0.15) is 61.5 Å². The molecule has 5 rings (SSSR count). The summed E-state index contributed by atoms with van der Waals surface area (Å²) in [7, 11) is 0. The smallest absolute Gasteiger partial charge is 0.255 e. The van der Waals surface area contributed by atoms with Crippen LogP contribution in [-0.2, 0) is 4.79 Å². The van der Waals surface area contributed by atoms with Crippen molar-refractivity contribution in [1.29, 1.82) is 0 Å². The Labute approximate surface area is 213 Å². The molecule has 0 aliphatic heterocycles. The molecule has 10 heteroatoms. The molecule has 0 saturated heterocycles. The largest absolute Gasteiger partial charge is 0.493 e. The lowest BCUT2D eigenvalue weighted by Gasteiger charge is -2.32. The van der Waals surface area contributed by atoms with Crippen molar-refractivity contribution in [3.8, 4) is 17.0 Å². The number of rotatable bonds is 8. The predicted molar refractivity (Wildman–Crippen MR) is 134 cm³/mol. The summed E-state index contributed by atoms with van der Waals surface area (Å²) in [6, 6.07) is 3.42. The number of amides is 2. The molecule has 0 unspecified atom stereocenters. The SMILES string of the molecule is CCC(=O)N[C@@H]1CC[C@@H](NC(=O)c2c(C)[nH]c3c(-c4cc(F)ccc4OCC4CC4)ncnc23)C[C@H]1F. The van der Waals surface area contributed by atoms with Crippen LogP contribution in [0.3, 0.4) is 0 Å². The summed E-state index contributed by atoms with van der Waals surface area (Å²) in [4.78, 5) is 36.9. The van der Waals surface area contributed by atoms with Crippen LogP contribution in [0.25, 0.3) is 22.3 Å². The van der Waals surface area contributed by atoms with Crippen molar-refractivity contribution in [2.24, 2.45) is 5.92 Å². The fourth-order valence-electron chi connectivity index (χ4n) is 4.88. The molecule has 2 amide bonds. The van der Waals surface area contributed by atoms with E-state index in [-0.39, 0.29) is 24.3 Å². The fraction of sp³-hybridized carbons (Fsp3) is 0.481. The number of carbonyl (C=O) groups excluding carboxylic acids is 2. The first-order valence-electron chi connectivity index (χ1n) is 12.8. The van der Waals surface area contributed by atoms with Crippen molar-refractivity contribution in [3.05, 3.63) is 41.6 Å². The van der Waals surface area contributed by atoms with Gasteiger partial charge in [0.15, 0.2) is 0 Å². The van der Waals surface area contributed by atoms with E-state index in [9.17, 15) is 18.4 Å². The highest BCUT2D eigenvalue weighted by molar-refractivity contribution is 6.09. The number of hydrogen-bond acceptors (Lipinski definition) is 5. The van der Waals surface area contributed by atoms with Crippen molar-refractivity contribution in [2.75, 3.05) is 6.61 Å². The van der Waals surface area contributed by atoms with Crippen molar-refractivity contribution < 1.29 is 23.1 Å². The number of fused-ring (bicyclic) bond motifs is 1. The number of aromatic nitrogens is 3. The number of nitrogens with one attached hydrogen (secondary N) is 3. The van der Waals surface area contributed by atoms with Crippen LogP contribution in [0.4, 0.5) is 8.78 Å². The maximum absolute atomic E-state index is 14.7. The lowest BCUT2D eigenvalue weighted by molar-refractivity contribution is -0.122. The van der Waals surface area contributed by atoms with Crippen LogP contribution in [0.2, 0.25) is 0 Å². The third-order valence-electron chi connectivity index (χ3n) is 7.14. The molecule has 2 fully saturated rings. The zero-order valence-electron chi connectivity index (χ0n) is 20.9. The lowest BCUT2D eigenvalue weighted by Crippen LogP contribution is -2.49. The van der Waals surface area contributed by atoms with Gasteiger partial charge in [-0.15, -0.1) is 0 Å². The van der Waals surface area contributed by atoms with Crippen molar-refractivity contribution in [1.82, 2.24) is 25.6 Å². The number of H-pyrrole nitrogens is 1. The summed E-state index contributed by atoms with van der Waals surface area (Å²) in [5.74, 6) is 0.0690. The zero-order valence-corrected chi connectivity index (χ0v) is 20.9. The molecule has 0 bridgehead atoms. The Morgan fingerprint density at radius 2 is 1.97 bits per heavy atom. The summed E-state index contributed by atoms with van der Waals surface area (Å²) in [5.41, 5.74) is 2.74. The maximum atomic E-state index is 14.7. The van der Waals surface area contributed by atoms with E-state index in [2.05, 4.69) is 25.6 Å². The van der Waals surface area contributed by atoms with Gasteiger partial charge in [0.05, 0.1) is 23.7 Å². The Balaban J connectivity index is 1.38. The van der Waals surface area contributed by atoms with E-state index < -0.39 is 18.0 Å². The highest BCUT2D eigenvalue weighted by atomic mass is 19.1. The van der Waals surface area contributed by atoms with Crippen LogP contribution < -0.4 is 15.4 Å². The molecular weight excluding hydrogens is 480 g/mol. The number of carbonyl (C=O) groups is 2. The Kier molecular flexibility index (Phi) is 7.08. The van der Waals surface area contributed by atoms with Gasteiger partial charge in [-0.05, 0) is 56.7 Å². The van der Waals surface area contributed by atoms with Crippen molar-refractivity contribution >= 4 is 22.8 Å². The van der Waals surface area contributed by atoms with E-state index in [1.165, 1.54) is 18.5 Å². The van der Waals surface area contributed by atoms with Gasteiger partial charge in [0.25, 0.3) is 5.91 Å². The number of benzene rings is 1. The first kappa shape index (κ1) is 25.1. The Morgan fingerprint density at radius 1 is 1.16 bits per heavy atom. The number of nitrogens with zero attached hydrogens (tertiary/aromatic N) is 2.